The van der Waals surface area contributed by atoms with Crippen LogP contribution < -0.4 is 4.90 Å². The molecule has 5 rings (SSSR count). The molecule has 3 aromatic rings. The number of hydrogen-bond donors (Lipinski definition) is 0. The largest absolute Gasteiger partial charge is 0.342 e. The van der Waals surface area contributed by atoms with Crippen LogP contribution in [0.25, 0.3) is 21.9 Å². The van der Waals surface area contributed by atoms with Gasteiger partial charge in [0.25, 0.3) is 0 Å². The topological polar surface area (TPSA) is 40.6 Å². The number of carbonyl (C=O) groups excluding carboxylic acids is 2. The van der Waals surface area contributed by atoms with Gasteiger partial charge in [0.1, 0.15) is 5.82 Å². The highest BCUT2D eigenvalue weighted by Gasteiger charge is 2.37. The van der Waals surface area contributed by atoms with E-state index in [0.29, 0.717) is 13.0 Å². The van der Waals surface area contributed by atoms with Gasteiger partial charge in [-0.25, -0.2) is 4.39 Å². The maximum Gasteiger partial charge on any atom is 0.227 e. The lowest BCUT2D eigenvalue weighted by molar-refractivity contribution is -0.131. The molecule has 164 valence electrons. The van der Waals surface area contributed by atoms with Crippen molar-refractivity contribution in [3.05, 3.63) is 66.5 Å². The number of amides is 2. The molecule has 4 nitrogen and oxygen atoms in total. The second kappa shape index (κ2) is 8.38. The van der Waals surface area contributed by atoms with Crippen LogP contribution in [0, 0.1) is 17.7 Å². The van der Waals surface area contributed by atoms with Crippen molar-refractivity contribution in [2.75, 3.05) is 25.0 Å². The van der Waals surface area contributed by atoms with Crippen LogP contribution >= 0.6 is 0 Å². The third-order valence-corrected chi connectivity index (χ3v) is 6.75. The van der Waals surface area contributed by atoms with Gasteiger partial charge in [-0.15, -0.1) is 0 Å². The standard InChI is InChI=1S/C27H27FN2O2/c1-29(26(31)14-18-12-13-30(17-18)27(32)20-7-8-20)25-11-10-23(16-24(25)28)22-9-6-19-4-2-3-5-21(19)15-22/h2-6,9-11,15-16,18,20H,7-8,12-14,17H2,1H3. The predicted octanol–water partition coefficient (Wildman–Crippen LogP) is 5.26. The minimum Gasteiger partial charge on any atom is -0.342 e. The van der Waals surface area contributed by atoms with Gasteiger partial charge in [0.2, 0.25) is 11.8 Å². The lowest BCUT2D eigenvalue weighted by Crippen LogP contribution is -2.32. The van der Waals surface area contributed by atoms with Crippen LogP contribution in [0.3, 0.4) is 0 Å². The van der Waals surface area contributed by atoms with Crippen molar-refractivity contribution in [3.63, 3.8) is 0 Å². The molecular formula is C27H27FN2O2. The van der Waals surface area contributed by atoms with Gasteiger partial charge in [-0.1, -0.05) is 42.5 Å². The average molecular weight is 431 g/mol. The number of hydrogen-bond acceptors (Lipinski definition) is 2. The summed E-state index contributed by atoms with van der Waals surface area (Å²) in [5, 5.41) is 2.25. The van der Waals surface area contributed by atoms with Gasteiger partial charge in [0.15, 0.2) is 0 Å². The van der Waals surface area contributed by atoms with Gasteiger partial charge in [0.05, 0.1) is 5.69 Å². The monoisotopic (exact) mass is 430 g/mol. The number of fused-ring (bicyclic) bond motifs is 1. The number of anilines is 1. The van der Waals surface area contributed by atoms with E-state index < -0.39 is 5.82 Å². The summed E-state index contributed by atoms with van der Waals surface area (Å²) in [7, 11) is 1.62. The number of likely N-dealkylation sites (tertiary alicyclic amines) is 1. The summed E-state index contributed by atoms with van der Waals surface area (Å²) < 4.78 is 15.0. The number of rotatable bonds is 5. The Morgan fingerprint density at radius 3 is 2.44 bits per heavy atom. The van der Waals surface area contributed by atoms with Gasteiger partial charge >= 0.3 is 0 Å². The van der Waals surface area contributed by atoms with E-state index in [1.165, 1.54) is 11.0 Å². The Hall–Kier alpha value is -3.21. The number of nitrogens with zero attached hydrogens (tertiary/aromatic N) is 2. The Labute approximate surface area is 187 Å². The molecule has 2 fully saturated rings. The summed E-state index contributed by atoms with van der Waals surface area (Å²) in [5.41, 5.74) is 2.00. The summed E-state index contributed by atoms with van der Waals surface area (Å²) in [6.07, 6.45) is 3.16. The zero-order valence-corrected chi connectivity index (χ0v) is 18.3. The first-order valence-electron chi connectivity index (χ1n) is 11.3. The fraction of sp³-hybridized carbons (Fsp3) is 0.333. The molecule has 5 heteroatoms. The molecule has 1 aliphatic carbocycles. The van der Waals surface area contributed by atoms with E-state index in [0.717, 1.165) is 47.7 Å². The van der Waals surface area contributed by atoms with Crippen LogP contribution in [0.4, 0.5) is 10.1 Å². The van der Waals surface area contributed by atoms with E-state index in [4.69, 9.17) is 0 Å². The van der Waals surface area contributed by atoms with E-state index in [2.05, 4.69) is 6.07 Å². The molecule has 0 radical (unpaired) electrons. The Balaban J connectivity index is 1.27. The molecule has 32 heavy (non-hydrogen) atoms. The molecule has 2 aliphatic rings. The molecule has 0 spiro atoms. The summed E-state index contributed by atoms with van der Waals surface area (Å²) in [4.78, 5) is 28.4. The molecule has 2 amide bonds. The molecule has 0 bridgehead atoms. The van der Waals surface area contributed by atoms with Gasteiger partial charge in [-0.2, -0.15) is 0 Å². The zero-order chi connectivity index (χ0) is 22.2. The first-order chi connectivity index (χ1) is 15.5. The molecule has 3 aromatic carbocycles. The fourth-order valence-electron chi connectivity index (χ4n) is 4.63. The average Bonchev–Trinajstić information content (AvgIpc) is 3.56. The number of carbonyl (C=O) groups is 2. The van der Waals surface area contributed by atoms with Crippen LogP contribution in [-0.4, -0.2) is 36.9 Å². The first kappa shape index (κ1) is 20.7. The lowest BCUT2D eigenvalue weighted by atomic mass is 10.0. The van der Waals surface area contributed by atoms with Crippen molar-refractivity contribution < 1.29 is 14.0 Å². The molecular weight excluding hydrogens is 403 g/mol. The van der Waals surface area contributed by atoms with Crippen LogP contribution in [0.5, 0.6) is 0 Å². The summed E-state index contributed by atoms with van der Waals surface area (Å²) in [6, 6.07) is 19.2. The fourth-order valence-corrected chi connectivity index (χ4v) is 4.63. The van der Waals surface area contributed by atoms with Gasteiger partial charge < -0.3 is 9.80 Å². The quantitative estimate of drug-likeness (QED) is 0.554. The van der Waals surface area contributed by atoms with Crippen molar-refractivity contribution >= 4 is 28.3 Å². The Kier molecular flexibility index (Phi) is 5.41. The third kappa shape index (κ3) is 4.12. The van der Waals surface area contributed by atoms with Gasteiger partial charge in [-0.3, -0.25) is 9.59 Å². The normalized spacial score (nSPS) is 18.2. The second-order valence-electron chi connectivity index (χ2n) is 9.10. The van der Waals surface area contributed by atoms with Crippen LogP contribution in [0.1, 0.15) is 25.7 Å². The molecule has 1 saturated heterocycles. The molecule has 1 aliphatic heterocycles. The third-order valence-electron chi connectivity index (χ3n) is 6.75. The first-order valence-corrected chi connectivity index (χ1v) is 11.3. The van der Waals surface area contributed by atoms with Crippen molar-refractivity contribution in [2.45, 2.75) is 25.7 Å². The summed E-state index contributed by atoms with van der Waals surface area (Å²) in [5.74, 6) is 0.0649. The van der Waals surface area contributed by atoms with Crippen LogP contribution in [0.15, 0.2) is 60.7 Å². The molecule has 1 saturated carbocycles. The summed E-state index contributed by atoms with van der Waals surface area (Å²) >= 11 is 0. The van der Waals surface area contributed by atoms with Crippen molar-refractivity contribution in [1.82, 2.24) is 4.90 Å². The second-order valence-corrected chi connectivity index (χ2v) is 9.10. The van der Waals surface area contributed by atoms with Crippen LogP contribution in [-0.2, 0) is 9.59 Å². The molecule has 1 unspecified atom stereocenters. The Morgan fingerprint density at radius 1 is 0.969 bits per heavy atom. The highest BCUT2D eigenvalue weighted by Crippen LogP contribution is 2.34. The zero-order valence-electron chi connectivity index (χ0n) is 18.3. The molecule has 1 heterocycles. The van der Waals surface area contributed by atoms with E-state index in [-0.39, 0.29) is 29.3 Å². The molecule has 0 aromatic heterocycles. The number of halogens is 1. The maximum absolute atomic E-state index is 15.0. The van der Waals surface area contributed by atoms with E-state index >= 15 is 0 Å². The van der Waals surface area contributed by atoms with Gasteiger partial charge in [-0.05, 0) is 65.3 Å². The van der Waals surface area contributed by atoms with E-state index in [1.54, 1.807) is 13.1 Å². The number of benzene rings is 3. The smallest absolute Gasteiger partial charge is 0.227 e. The molecule has 1 atom stereocenters. The van der Waals surface area contributed by atoms with E-state index in [9.17, 15) is 14.0 Å². The van der Waals surface area contributed by atoms with Crippen molar-refractivity contribution in [3.8, 4) is 11.1 Å². The Bertz CT molecular complexity index is 1190. The minimum atomic E-state index is -0.413. The SMILES string of the molecule is CN(C(=O)CC1CCN(C(=O)C2CC2)C1)c1ccc(-c2ccc3ccccc3c2)cc1F. The predicted molar refractivity (Wildman–Crippen MR) is 125 cm³/mol. The van der Waals surface area contributed by atoms with Crippen molar-refractivity contribution in [1.29, 1.82) is 0 Å². The lowest BCUT2D eigenvalue weighted by Gasteiger charge is -2.21. The Morgan fingerprint density at radius 2 is 1.69 bits per heavy atom. The van der Waals surface area contributed by atoms with Gasteiger partial charge in [0, 0.05) is 32.5 Å². The van der Waals surface area contributed by atoms with Crippen LogP contribution in [0.2, 0.25) is 0 Å². The minimum absolute atomic E-state index is 0.118. The summed E-state index contributed by atoms with van der Waals surface area (Å²) in [6.45, 7) is 1.37. The highest BCUT2D eigenvalue weighted by atomic mass is 19.1. The highest BCUT2D eigenvalue weighted by molar-refractivity contribution is 5.94. The maximum atomic E-state index is 15.0. The molecule has 0 N–H and O–H groups in total. The van der Waals surface area contributed by atoms with Crippen molar-refractivity contribution in [2.24, 2.45) is 11.8 Å². The van der Waals surface area contributed by atoms with E-state index in [1.807, 2.05) is 47.4 Å².